The lowest BCUT2D eigenvalue weighted by Crippen LogP contribution is -2.34. The number of nitrogens with zero attached hydrogens (tertiary/aromatic N) is 5. The summed E-state index contributed by atoms with van der Waals surface area (Å²) in [6, 6.07) is 0.540. The zero-order chi connectivity index (χ0) is 13.6. The summed E-state index contributed by atoms with van der Waals surface area (Å²) in [5, 5.41) is 0. The topological polar surface area (TPSA) is 62.7 Å². The van der Waals surface area contributed by atoms with Gasteiger partial charge in [0.1, 0.15) is 5.82 Å². The first kappa shape index (κ1) is 12.2. The van der Waals surface area contributed by atoms with Gasteiger partial charge >= 0.3 is 0 Å². The Labute approximate surface area is 112 Å². The molecule has 2 aromatic heterocycles. The lowest BCUT2D eigenvalue weighted by Gasteiger charge is -2.22. The van der Waals surface area contributed by atoms with E-state index < -0.39 is 0 Å². The number of fused-ring (bicyclic) bond motifs is 1. The van der Waals surface area contributed by atoms with Crippen LogP contribution in [0.2, 0.25) is 0 Å². The molecule has 19 heavy (non-hydrogen) atoms. The zero-order valence-electron chi connectivity index (χ0n) is 11.6. The zero-order valence-corrected chi connectivity index (χ0v) is 11.6. The Morgan fingerprint density at radius 1 is 1.37 bits per heavy atom. The molecule has 1 saturated heterocycles. The predicted molar refractivity (Wildman–Crippen MR) is 76.3 cm³/mol. The molecule has 0 aromatic carbocycles. The van der Waals surface area contributed by atoms with Gasteiger partial charge in [0.2, 0.25) is 0 Å². The van der Waals surface area contributed by atoms with Crippen LogP contribution >= 0.6 is 0 Å². The van der Waals surface area contributed by atoms with Crippen molar-refractivity contribution in [1.82, 2.24) is 19.3 Å². The largest absolute Gasteiger partial charge is 0.382 e. The van der Waals surface area contributed by atoms with Crippen molar-refractivity contribution in [3.8, 4) is 0 Å². The van der Waals surface area contributed by atoms with Gasteiger partial charge in [0.15, 0.2) is 11.5 Å². The minimum Gasteiger partial charge on any atom is -0.382 e. The molecule has 0 aliphatic carbocycles. The highest BCUT2D eigenvalue weighted by atomic mass is 15.3. The monoisotopic (exact) mass is 260 g/mol. The fourth-order valence-corrected chi connectivity index (χ4v) is 2.94. The van der Waals surface area contributed by atoms with Crippen LogP contribution in [0.25, 0.3) is 5.65 Å². The van der Waals surface area contributed by atoms with Crippen LogP contribution in [-0.4, -0.2) is 52.5 Å². The quantitative estimate of drug-likeness (QED) is 0.861. The molecule has 1 aliphatic rings. The lowest BCUT2D eigenvalue weighted by atomic mass is 10.1. The summed E-state index contributed by atoms with van der Waals surface area (Å²) in [6.07, 6.45) is 5.48. The van der Waals surface area contributed by atoms with Gasteiger partial charge in [0, 0.05) is 31.5 Å². The molecule has 2 aromatic rings. The van der Waals surface area contributed by atoms with Crippen LogP contribution in [0, 0.1) is 5.92 Å². The Morgan fingerprint density at radius 3 is 2.84 bits per heavy atom. The van der Waals surface area contributed by atoms with Crippen LogP contribution in [0.4, 0.5) is 11.6 Å². The van der Waals surface area contributed by atoms with Crippen LogP contribution in [0.15, 0.2) is 18.6 Å². The van der Waals surface area contributed by atoms with E-state index in [1.54, 1.807) is 12.4 Å². The molecule has 6 nitrogen and oxygen atoms in total. The van der Waals surface area contributed by atoms with Gasteiger partial charge in [-0.15, -0.1) is 0 Å². The van der Waals surface area contributed by atoms with Gasteiger partial charge in [0.05, 0.1) is 6.20 Å². The Kier molecular flexibility index (Phi) is 2.82. The molecule has 0 radical (unpaired) electrons. The highest BCUT2D eigenvalue weighted by Crippen LogP contribution is 2.27. The number of likely N-dealkylation sites (N-methyl/N-ethyl adjacent to an activating group) is 1. The van der Waals surface area contributed by atoms with E-state index >= 15 is 0 Å². The highest BCUT2D eigenvalue weighted by Gasteiger charge is 2.32. The number of anilines is 2. The summed E-state index contributed by atoms with van der Waals surface area (Å²) in [4.78, 5) is 13.4. The number of imidazole rings is 1. The van der Waals surface area contributed by atoms with Crippen molar-refractivity contribution in [1.29, 1.82) is 0 Å². The average molecular weight is 260 g/mol. The summed E-state index contributed by atoms with van der Waals surface area (Å²) in [5.41, 5.74) is 6.76. The van der Waals surface area contributed by atoms with E-state index in [0.717, 1.165) is 24.6 Å². The van der Waals surface area contributed by atoms with Crippen molar-refractivity contribution in [2.24, 2.45) is 5.92 Å². The third-order valence-corrected chi connectivity index (χ3v) is 3.91. The van der Waals surface area contributed by atoms with Gasteiger partial charge in [-0.25, -0.2) is 9.97 Å². The van der Waals surface area contributed by atoms with Crippen molar-refractivity contribution >= 4 is 17.3 Å². The number of hydrogen-bond acceptors (Lipinski definition) is 5. The second-order valence-electron chi connectivity index (χ2n) is 5.56. The fourth-order valence-electron chi connectivity index (χ4n) is 2.94. The standard InChI is InChI=1S/C13H20N6/c1-9-6-19(7-10(9)17(2)3)13-12-15-4-5-18(12)8-11(14)16-13/h4-5,8-10H,6-7,14H2,1-3H3. The number of hydrogen-bond donors (Lipinski definition) is 1. The smallest absolute Gasteiger partial charge is 0.180 e. The van der Waals surface area contributed by atoms with Gasteiger partial charge in [-0.05, 0) is 20.0 Å². The molecule has 6 heteroatoms. The van der Waals surface area contributed by atoms with Gasteiger partial charge < -0.3 is 19.9 Å². The second kappa shape index (κ2) is 4.38. The molecule has 2 atom stereocenters. The molecular weight excluding hydrogens is 240 g/mol. The van der Waals surface area contributed by atoms with Crippen molar-refractivity contribution < 1.29 is 0 Å². The van der Waals surface area contributed by atoms with Crippen LogP contribution < -0.4 is 10.6 Å². The SMILES string of the molecule is CC1CN(c2nc(N)cn3ccnc23)CC1N(C)C. The first-order valence-corrected chi connectivity index (χ1v) is 6.57. The molecule has 0 saturated carbocycles. The molecule has 2 unspecified atom stereocenters. The maximum Gasteiger partial charge on any atom is 0.180 e. The number of aromatic nitrogens is 3. The van der Waals surface area contributed by atoms with Gasteiger partial charge in [-0.1, -0.05) is 6.92 Å². The van der Waals surface area contributed by atoms with Gasteiger partial charge in [-0.3, -0.25) is 0 Å². The summed E-state index contributed by atoms with van der Waals surface area (Å²) in [5.74, 6) is 2.02. The van der Waals surface area contributed by atoms with Gasteiger partial charge in [0.25, 0.3) is 0 Å². The molecule has 0 amide bonds. The Hall–Kier alpha value is -1.82. The van der Waals surface area contributed by atoms with Crippen LogP contribution in [-0.2, 0) is 0 Å². The molecular formula is C13H20N6. The normalized spacial score (nSPS) is 23.7. The van der Waals surface area contributed by atoms with Crippen molar-refractivity contribution in [2.45, 2.75) is 13.0 Å². The van der Waals surface area contributed by atoms with E-state index in [0.29, 0.717) is 17.8 Å². The predicted octanol–water partition coefficient (Wildman–Crippen LogP) is 0.698. The van der Waals surface area contributed by atoms with Crippen LogP contribution in [0.5, 0.6) is 0 Å². The summed E-state index contributed by atoms with van der Waals surface area (Å²) >= 11 is 0. The Morgan fingerprint density at radius 2 is 2.16 bits per heavy atom. The van der Waals surface area contributed by atoms with E-state index in [2.05, 4.69) is 40.8 Å². The van der Waals surface area contributed by atoms with Crippen LogP contribution in [0.3, 0.4) is 0 Å². The van der Waals surface area contributed by atoms with E-state index in [1.165, 1.54) is 0 Å². The Balaban J connectivity index is 1.99. The third kappa shape index (κ3) is 2.02. The molecule has 2 N–H and O–H groups in total. The van der Waals surface area contributed by atoms with Crippen molar-refractivity contribution in [2.75, 3.05) is 37.8 Å². The average Bonchev–Trinajstić information content (AvgIpc) is 2.93. The number of nitrogen functional groups attached to an aromatic ring is 1. The molecule has 102 valence electrons. The van der Waals surface area contributed by atoms with E-state index in [-0.39, 0.29) is 0 Å². The maximum absolute atomic E-state index is 5.88. The minimum atomic E-state index is 0.529. The first-order valence-electron chi connectivity index (χ1n) is 6.57. The number of nitrogens with two attached hydrogens (primary N) is 1. The van der Waals surface area contributed by atoms with Gasteiger partial charge in [-0.2, -0.15) is 0 Å². The van der Waals surface area contributed by atoms with Crippen LogP contribution in [0.1, 0.15) is 6.92 Å². The number of rotatable bonds is 2. The lowest BCUT2D eigenvalue weighted by molar-refractivity contribution is 0.266. The third-order valence-electron chi connectivity index (χ3n) is 3.91. The highest BCUT2D eigenvalue weighted by molar-refractivity contribution is 5.66. The molecule has 3 heterocycles. The molecule has 0 spiro atoms. The van der Waals surface area contributed by atoms with Crippen molar-refractivity contribution in [3.05, 3.63) is 18.6 Å². The molecule has 0 bridgehead atoms. The maximum atomic E-state index is 5.88. The van der Waals surface area contributed by atoms with E-state index in [9.17, 15) is 0 Å². The minimum absolute atomic E-state index is 0.529. The Bertz CT molecular complexity index is 590. The molecule has 1 aliphatic heterocycles. The molecule has 3 rings (SSSR count). The summed E-state index contributed by atoms with van der Waals surface area (Å²) in [6.45, 7) is 4.23. The first-order chi connectivity index (χ1) is 9.06. The fraction of sp³-hybridized carbons (Fsp3) is 0.538. The molecule has 1 fully saturated rings. The van der Waals surface area contributed by atoms with E-state index in [4.69, 9.17) is 5.73 Å². The van der Waals surface area contributed by atoms with Crippen molar-refractivity contribution in [3.63, 3.8) is 0 Å². The summed E-state index contributed by atoms with van der Waals surface area (Å²) < 4.78 is 1.94. The van der Waals surface area contributed by atoms with E-state index in [1.807, 2.05) is 10.6 Å². The summed E-state index contributed by atoms with van der Waals surface area (Å²) in [7, 11) is 4.26. The second-order valence-corrected chi connectivity index (χ2v) is 5.56.